The monoisotopic (exact) mass is 434 g/mol. The quantitative estimate of drug-likeness (QED) is 0.456. The molecule has 0 N–H and O–H groups in total. The Kier molecular flexibility index (Phi) is 4.34. The zero-order valence-corrected chi connectivity index (χ0v) is 18.1. The van der Waals surface area contributed by atoms with Crippen LogP contribution in [-0.2, 0) is 9.59 Å². The lowest BCUT2D eigenvalue weighted by atomic mass is 9.86. The van der Waals surface area contributed by atoms with Crippen LogP contribution in [-0.4, -0.2) is 29.7 Å². The number of anilines is 2. The van der Waals surface area contributed by atoms with E-state index in [0.29, 0.717) is 11.3 Å². The number of hydrogen-bond donors (Lipinski definition) is 0. The second-order valence-electron chi connectivity index (χ2n) is 8.89. The maximum absolute atomic E-state index is 13.8. The average Bonchev–Trinajstić information content (AvgIpc) is 3.33. The van der Waals surface area contributed by atoms with Crippen molar-refractivity contribution in [3.8, 4) is 0 Å². The van der Waals surface area contributed by atoms with Crippen molar-refractivity contribution in [1.29, 1.82) is 0 Å². The van der Waals surface area contributed by atoms with E-state index in [1.807, 2.05) is 78.6 Å². The second-order valence-corrected chi connectivity index (χ2v) is 8.89. The fourth-order valence-electron chi connectivity index (χ4n) is 5.54. The highest BCUT2D eigenvalue weighted by Gasteiger charge is 2.64. The number of nitrogens with zero attached hydrogens (tertiary/aromatic N) is 2. The van der Waals surface area contributed by atoms with Gasteiger partial charge in [-0.2, -0.15) is 0 Å². The highest BCUT2D eigenvalue weighted by molar-refractivity contribution is 6.25. The van der Waals surface area contributed by atoms with Crippen LogP contribution in [0, 0.1) is 18.8 Å². The predicted molar refractivity (Wildman–Crippen MR) is 127 cm³/mol. The molecule has 162 valence electrons. The number of imide groups is 1. The number of hydrogen-bond acceptors (Lipinski definition) is 4. The van der Waals surface area contributed by atoms with Gasteiger partial charge in [0.25, 0.3) is 0 Å². The van der Waals surface area contributed by atoms with Crippen LogP contribution in [0.25, 0.3) is 6.08 Å². The summed E-state index contributed by atoms with van der Waals surface area (Å²) in [7, 11) is 0. The summed E-state index contributed by atoms with van der Waals surface area (Å²) in [6.07, 6.45) is 3.97. The zero-order valence-electron chi connectivity index (χ0n) is 18.1. The van der Waals surface area contributed by atoms with Gasteiger partial charge in [-0.3, -0.25) is 14.4 Å². The molecule has 0 unspecified atom stereocenters. The largest absolute Gasteiger partial charge is 0.352 e. The summed E-state index contributed by atoms with van der Waals surface area (Å²) in [5.74, 6) is -2.03. The maximum Gasteiger partial charge on any atom is 0.240 e. The topological polar surface area (TPSA) is 57.7 Å². The van der Waals surface area contributed by atoms with Crippen molar-refractivity contribution < 1.29 is 14.4 Å². The van der Waals surface area contributed by atoms with Crippen LogP contribution >= 0.6 is 0 Å². The standard InChI is InChI=1S/C28H22N2O3/c1-17-11-14-20(15-12-17)29-27(32)23-22-16-13-18-7-5-6-10-21(18)30(22)25(24(23)28(29)33)26(31)19-8-3-2-4-9-19/h2-16,22-25H,1H3/t22-,23-,24-,25-/m0/s1. The fraction of sp³-hybridized carbons (Fsp3) is 0.179. The molecule has 0 saturated carbocycles. The molecule has 3 aliphatic heterocycles. The van der Waals surface area contributed by atoms with Crippen LogP contribution in [0.4, 0.5) is 11.4 Å². The summed E-state index contributed by atoms with van der Waals surface area (Å²) in [6, 6.07) is 23.1. The SMILES string of the molecule is Cc1ccc(N2C(=O)[C@@H]3[C@H](C2=O)[C@@H](C(=O)c2ccccc2)N2c4ccccc4C=C[C@@H]32)cc1. The summed E-state index contributed by atoms with van der Waals surface area (Å²) >= 11 is 0. The van der Waals surface area contributed by atoms with Crippen molar-refractivity contribution in [2.45, 2.75) is 19.0 Å². The molecule has 4 atom stereocenters. The van der Waals surface area contributed by atoms with E-state index in [4.69, 9.17) is 0 Å². The molecule has 3 aliphatic rings. The highest BCUT2D eigenvalue weighted by atomic mass is 16.2. The van der Waals surface area contributed by atoms with Crippen molar-refractivity contribution in [2.24, 2.45) is 11.8 Å². The molecule has 33 heavy (non-hydrogen) atoms. The molecule has 2 saturated heterocycles. The van der Waals surface area contributed by atoms with Crippen molar-refractivity contribution in [3.05, 3.63) is 102 Å². The number of carbonyl (C=O) groups is 3. The number of fused-ring (bicyclic) bond motifs is 5. The molecule has 3 aromatic carbocycles. The Hall–Kier alpha value is -3.99. The zero-order chi connectivity index (χ0) is 22.7. The van der Waals surface area contributed by atoms with Gasteiger partial charge < -0.3 is 4.90 Å². The first-order valence-corrected chi connectivity index (χ1v) is 11.2. The van der Waals surface area contributed by atoms with Gasteiger partial charge in [-0.25, -0.2) is 4.90 Å². The van der Waals surface area contributed by atoms with Gasteiger partial charge in [0.05, 0.1) is 23.6 Å². The Morgan fingerprint density at radius 3 is 2.21 bits per heavy atom. The Morgan fingerprint density at radius 1 is 0.788 bits per heavy atom. The number of amides is 2. The summed E-state index contributed by atoms with van der Waals surface area (Å²) < 4.78 is 0. The first-order valence-electron chi connectivity index (χ1n) is 11.2. The van der Waals surface area contributed by atoms with E-state index in [2.05, 4.69) is 0 Å². The normalized spacial score (nSPS) is 25.1. The molecule has 0 spiro atoms. The first kappa shape index (κ1) is 19.7. The molecule has 3 heterocycles. The number of aryl methyl sites for hydroxylation is 1. The van der Waals surface area contributed by atoms with Crippen LogP contribution < -0.4 is 9.80 Å². The molecule has 2 fully saturated rings. The molecular weight excluding hydrogens is 412 g/mol. The van der Waals surface area contributed by atoms with Gasteiger partial charge in [0, 0.05) is 11.3 Å². The molecule has 3 aromatic rings. The number of benzene rings is 3. The average molecular weight is 434 g/mol. The van der Waals surface area contributed by atoms with E-state index in [1.54, 1.807) is 24.3 Å². The van der Waals surface area contributed by atoms with Crippen molar-refractivity contribution in [3.63, 3.8) is 0 Å². The minimum atomic E-state index is -0.750. The van der Waals surface area contributed by atoms with Crippen molar-refractivity contribution >= 4 is 35.0 Å². The van der Waals surface area contributed by atoms with Crippen molar-refractivity contribution in [1.82, 2.24) is 0 Å². The molecule has 0 bridgehead atoms. The number of para-hydroxylation sites is 1. The number of ketones is 1. The van der Waals surface area contributed by atoms with Gasteiger partial charge in [0.15, 0.2) is 5.78 Å². The van der Waals surface area contributed by atoms with E-state index in [0.717, 1.165) is 16.8 Å². The van der Waals surface area contributed by atoms with Crippen molar-refractivity contribution in [2.75, 3.05) is 9.80 Å². The number of carbonyl (C=O) groups excluding carboxylic acids is 3. The Bertz CT molecular complexity index is 1310. The van der Waals surface area contributed by atoms with Crippen LogP contribution in [0.15, 0.2) is 84.9 Å². The Morgan fingerprint density at radius 2 is 1.45 bits per heavy atom. The van der Waals surface area contributed by atoms with Gasteiger partial charge in [-0.05, 0) is 30.7 Å². The van der Waals surface area contributed by atoms with E-state index < -0.39 is 17.9 Å². The molecule has 5 heteroatoms. The minimum absolute atomic E-state index is 0.134. The summed E-state index contributed by atoms with van der Waals surface area (Å²) in [5, 5.41) is 0. The molecule has 2 amide bonds. The Labute approximate surface area is 191 Å². The second kappa shape index (κ2) is 7.27. The van der Waals surface area contributed by atoms with Gasteiger partial charge in [0.1, 0.15) is 6.04 Å². The molecule has 0 aliphatic carbocycles. The van der Waals surface area contributed by atoms with Gasteiger partial charge in [-0.1, -0.05) is 78.4 Å². The lowest BCUT2D eigenvalue weighted by Gasteiger charge is -2.36. The van der Waals surface area contributed by atoms with Crippen LogP contribution in [0.2, 0.25) is 0 Å². The van der Waals surface area contributed by atoms with Gasteiger partial charge in [0.2, 0.25) is 11.8 Å². The summed E-state index contributed by atoms with van der Waals surface area (Å²) in [6.45, 7) is 1.96. The number of rotatable bonds is 3. The highest BCUT2D eigenvalue weighted by Crippen LogP contribution is 2.49. The third-order valence-corrected chi connectivity index (χ3v) is 7.03. The summed E-state index contributed by atoms with van der Waals surface area (Å²) in [4.78, 5) is 44.6. The van der Waals surface area contributed by atoms with E-state index in [9.17, 15) is 14.4 Å². The molecule has 0 radical (unpaired) electrons. The van der Waals surface area contributed by atoms with Gasteiger partial charge in [-0.15, -0.1) is 0 Å². The third kappa shape index (κ3) is 2.82. The maximum atomic E-state index is 13.8. The Balaban J connectivity index is 1.50. The van der Waals surface area contributed by atoms with Gasteiger partial charge >= 0.3 is 0 Å². The smallest absolute Gasteiger partial charge is 0.240 e. The third-order valence-electron chi connectivity index (χ3n) is 7.03. The first-order chi connectivity index (χ1) is 16.1. The van der Waals surface area contributed by atoms with Crippen LogP contribution in [0.1, 0.15) is 21.5 Å². The number of Topliss-reactive ketones (excluding diaryl/α,β-unsaturated/α-hetero) is 1. The molecule has 6 rings (SSSR count). The minimum Gasteiger partial charge on any atom is -0.352 e. The van der Waals surface area contributed by atoms with Crippen LogP contribution in [0.5, 0.6) is 0 Å². The molecule has 5 nitrogen and oxygen atoms in total. The lowest BCUT2D eigenvalue weighted by molar-refractivity contribution is -0.122. The molecular formula is C28H22N2O3. The predicted octanol–water partition coefficient (Wildman–Crippen LogP) is 4.27. The lowest BCUT2D eigenvalue weighted by Crippen LogP contribution is -2.48. The van der Waals surface area contributed by atoms with E-state index >= 15 is 0 Å². The van der Waals surface area contributed by atoms with E-state index in [-0.39, 0.29) is 23.6 Å². The summed E-state index contributed by atoms with van der Waals surface area (Å²) in [5.41, 5.74) is 4.02. The molecule has 0 aromatic heterocycles. The van der Waals surface area contributed by atoms with E-state index in [1.165, 1.54) is 4.90 Å². The van der Waals surface area contributed by atoms with Crippen LogP contribution in [0.3, 0.4) is 0 Å². The fourth-order valence-corrected chi connectivity index (χ4v) is 5.54.